The van der Waals surface area contributed by atoms with Crippen molar-refractivity contribution >= 4 is 17.9 Å². The van der Waals surface area contributed by atoms with Crippen LogP contribution in [0, 0.1) is 0 Å². The summed E-state index contributed by atoms with van der Waals surface area (Å²) in [7, 11) is 0. The molecule has 0 aliphatic carbocycles. The zero-order valence-electron chi connectivity index (χ0n) is 15.0. The second kappa shape index (κ2) is 22.9. The molecule has 0 aromatic rings. The third-order valence-electron chi connectivity index (χ3n) is 1.85. The van der Waals surface area contributed by atoms with Gasteiger partial charge in [0.05, 0.1) is 19.8 Å². The Balaban J connectivity index is -0.000000276. The molecular weight excluding hydrogens is 312 g/mol. The zero-order chi connectivity index (χ0) is 19.2. The lowest BCUT2D eigenvalue weighted by atomic mass is 10.5. The van der Waals surface area contributed by atoms with Crippen LogP contribution in [0.1, 0.15) is 40.0 Å². The summed E-state index contributed by atoms with van der Waals surface area (Å²) in [4.78, 5) is 30.7. The van der Waals surface area contributed by atoms with E-state index in [0.717, 1.165) is 37.5 Å². The van der Waals surface area contributed by atoms with Crippen LogP contribution >= 0.6 is 0 Å². The highest BCUT2D eigenvalue weighted by Crippen LogP contribution is 1.82. The van der Waals surface area contributed by atoms with Crippen molar-refractivity contribution in [1.29, 1.82) is 0 Å². The Morgan fingerprint density at radius 2 is 0.833 bits per heavy atom. The van der Waals surface area contributed by atoms with Gasteiger partial charge in [-0.2, -0.15) is 0 Å². The largest absolute Gasteiger partial charge is 0.463 e. The monoisotopic (exact) mass is 342 g/mol. The van der Waals surface area contributed by atoms with E-state index in [2.05, 4.69) is 33.9 Å². The number of carbonyl (C=O) groups is 3. The molecule has 0 saturated heterocycles. The van der Waals surface area contributed by atoms with Crippen molar-refractivity contribution in [2.75, 3.05) is 19.8 Å². The molecule has 0 aromatic heterocycles. The van der Waals surface area contributed by atoms with Gasteiger partial charge in [0.25, 0.3) is 0 Å². The van der Waals surface area contributed by atoms with Gasteiger partial charge in [-0.05, 0) is 19.3 Å². The highest BCUT2D eigenvalue weighted by atomic mass is 16.5. The van der Waals surface area contributed by atoms with Crippen LogP contribution in [0.15, 0.2) is 38.0 Å². The fraction of sp³-hybridized carbons (Fsp3) is 0.500. The summed E-state index contributed by atoms with van der Waals surface area (Å²) in [6, 6.07) is 0. The van der Waals surface area contributed by atoms with Gasteiger partial charge >= 0.3 is 17.9 Å². The van der Waals surface area contributed by atoms with Gasteiger partial charge in [0.15, 0.2) is 0 Å². The fourth-order valence-electron chi connectivity index (χ4n) is 0.785. The summed E-state index contributed by atoms with van der Waals surface area (Å²) in [5.41, 5.74) is 0. The molecule has 0 bridgehead atoms. The van der Waals surface area contributed by atoms with Crippen molar-refractivity contribution in [3.8, 4) is 0 Å². The van der Waals surface area contributed by atoms with Crippen molar-refractivity contribution in [2.24, 2.45) is 0 Å². The van der Waals surface area contributed by atoms with Gasteiger partial charge in [-0.3, -0.25) is 0 Å². The van der Waals surface area contributed by atoms with Gasteiger partial charge in [0.1, 0.15) is 0 Å². The van der Waals surface area contributed by atoms with Crippen LogP contribution in [-0.2, 0) is 28.6 Å². The van der Waals surface area contributed by atoms with E-state index in [1.807, 2.05) is 20.8 Å². The van der Waals surface area contributed by atoms with E-state index in [-0.39, 0.29) is 17.9 Å². The number of rotatable bonds is 9. The minimum absolute atomic E-state index is 0.341. The Hall–Kier alpha value is -2.37. The summed E-state index contributed by atoms with van der Waals surface area (Å²) < 4.78 is 13.8. The molecule has 0 N–H and O–H groups in total. The maximum absolute atomic E-state index is 10.2. The molecule has 0 rings (SSSR count). The first kappa shape index (κ1) is 26.5. The van der Waals surface area contributed by atoms with Crippen LogP contribution in [0.2, 0.25) is 0 Å². The molecule has 0 aliphatic rings. The van der Waals surface area contributed by atoms with Crippen LogP contribution in [0.4, 0.5) is 0 Å². The molecule has 138 valence electrons. The molecular formula is C18H30O6. The van der Waals surface area contributed by atoms with E-state index >= 15 is 0 Å². The fourth-order valence-corrected chi connectivity index (χ4v) is 0.785. The zero-order valence-corrected chi connectivity index (χ0v) is 15.0. The minimum atomic E-state index is -0.341. The molecule has 0 aliphatic heterocycles. The quantitative estimate of drug-likeness (QED) is 0.363. The first-order chi connectivity index (χ1) is 11.4. The molecule has 0 radical (unpaired) electrons. The summed E-state index contributed by atoms with van der Waals surface area (Å²) in [5.74, 6) is -1.02. The van der Waals surface area contributed by atoms with E-state index in [4.69, 9.17) is 0 Å². The average Bonchev–Trinajstić information content (AvgIpc) is 2.62. The highest BCUT2D eigenvalue weighted by Gasteiger charge is 1.90. The Bertz CT molecular complexity index is 317. The highest BCUT2D eigenvalue weighted by molar-refractivity contribution is 5.81. The third-order valence-corrected chi connectivity index (χ3v) is 1.85. The summed E-state index contributed by atoms with van der Waals surface area (Å²) >= 11 is 0. The maximum atomic E-state index is 10.2. The normalized spacial score (nSPS) is 8.12. The third kappa shape index (κ3) is 27.9. The first-order valence-electron chi connectivity index (χ1n) is 7.80. The number of esters is 3. The number of carbonyl (C=O) groups excluding carboxylic acids is 3. The molecule has 0 saturated carbocycles. The van der Waals surface area contributed by atoms with Gasteiger partial charge < -0.3 is 14.2 Å². The Morgan fingerprint density at radius 3 is 0.958 bits per heavy atom. The molecule has 0 unspecified atom stereocenters. The summed E-state index contributed by atoms with van der Waals surface area (Å²) in [5, 5.41) is 0. The van der Waals surface area contributed by atoms with Crippen molar-refractivity contribution in [3.63, 3.8) is 0 Å². The second-order valence-electron chi connectivity index (χ2n) is 4.11. The lowest BCUT2D eigenvalue weighted by Crippen LogP contribution is -1.99. The van der Waals surface area contributed by atoms with Crippen molar-refractivity contribution in [1.82, 2.24) is 0 Å². The van der Waals surface area contributed by atoms with Gasteiger partial charge in [-0.15, -0.1) is 0 Å². The van der Waals surface area contributed by atoms with Gasteiger partial charge in [0, 0.05) is 18.2 Å². The van der Waals surface area contributed by atoms with E-state index in [1.165, 1.54) is 0 Å². The predicted molar refractivity (Wildman–Crippen MR) is 94.3 cm³/mol. The predicted octanol–water partition coefficient (Wildman–Crippen LogP) is 3.38. The Kier molecular flexibility index (Phi) is 25.3. The van der Waals surface area contributed by atoms with E-state index in [0.29, 0.717) is 19.8 Å². The van der Waals surface area contributed by atoms with Gasteiger partial charge in [-0.1, -0.05) is 40.5 Å². The van der Waals surface area contributed by atoms with Crippen LogP contribution in [0.25, 0.3) is 0 Å². The summed E-state index contributed by atoms with van der Waals surface area (Å²) in [6.07, 6.45) is 6.07. The standard InChI is InChI=1S/3C6H10O2/c3*1-3-5-8-6(7)4-2/h3*4H,2-3,5H2,1H3. The molecule has 6 nitrogen and oxygen atoms in total. The van der Waals surface area contributed by atoms with E-state index in [1.54, 1.807) is 0 Å². The SMILES string of the molecule is C=CC(=O)OCCC.C=CC(=O)OCCC.C=CC(=O)OCCC. The van der Waals surface area contributed by atoms with Gasteiger partial charge in [0.2, 0.25) is 0 Å². The summed E-state index contributed by atoms with van der Waals surface area (Å²) in [6.45, 7) is 17.0. The molecule has 0 heterocycles. The minimum Gasteiger partial charge on any atom is -0.463 e. The van der Waals surface area contributed by atoms with Crippen molar-refractivity contribution in [3.05, 3.63) is 38.0 Å². The maximum Gasteiger partial charge on any atom is 0.330 e. The smallest absolute Gasteiger partial charge is 0.330 e. The lowest BCUT2D eigenvalue weighted by molar-refractivity contribution is -0.138. The average molecular weight is 342 g/mol. The van der Waals surface area contributed by atoms with E-state index < -0.39 is 0 Å². The van der Waals surface area contributed by atoms with Gasteiger partial charge in [-0.25, -0.2) is 14.4 Å². The molecule has 0 spiro atoms. The molecule has 6 heteroatoms. The molecule has 0 aromatic carbocycles. The van der Waals surface area contributed by atoms with Crippen LogP contribution in [0.3, 0.4) is 0 Å². The number of ether oxygens (including phenoxy) is 3. The second-order valence-corrected chi connectivity index (χ2v) is 4.11. The van der Waals surface area contributed by atoms with Crippen LogP contribution in [-0.4, -0.2) is 37.7 Å². The molecule has 0 fully saturated rings. The number of hydrogen-bond acceptors (Lipinski definition) is 6. The molecule has 24 heavy (non-hydrogen) atoms. The lowest BCUT2D eigenvalue weighted by Gasteiger charge is -1.94. The topological polar surface area (TPSA) is 78.9 Å². The number of hydrogen-bond donors (Lipinski definition) is 0. The Labute approximate surface area is 145 Å². The molecule has 0 atom stereocenters. The Morgan fingerprint density at radius 1 is 0.625 bits per heavy atom. The van der Waals surface area contributed by atoms with Crippen molar-refractivity contribution in [2.45, 2.75) is 40.0 Å². The van der Waals surface area contributed by atoms with Crippen LogP contribution in [0.5, 0.6) is 0 Å². The van der Waals surface area contributed by atoms with Crippen molar-refractivity contribution < 1.29 is 28.6 Å². The van der Waals surface area contributed by atoms with Crippen LogP contribution < -0.4 is 0 Å². The molecule has 0 amide bonds. The van der Waals surface area contributed by atoms with E-state index in [9.17, 15) is 14.4 Å². The first-order valence-corrected chi connectivity index (χ1v) is 7.80.